The van der Waals surface area contributed by atoms with Gasteiger partial charge in [0.25, 0.3) is 5.91 Å². The Morgan fingerprint density at radius 2 is 1.69 bits per heavy atom. The molecular weight excluding hydrogens is 481 g/mol. The molecule has 0 aliphatic heterocycles. The van der Waals surface area contributed by atoms with Crippen LogP contribution in [0.1, 0.15) is 29.3 Å². The Hall–Kier alpha value is -3.99. The average Bonchev–Trinajstić information content (AvgIpc) is 3.23. The fraction of sp³-hybridized carbons (Fsp3) is 0.167. The number of pyridine rings is 1. The number of thiazole rings is 1. The van der Waals surface area contributed by atoms with Crippen molar-refractivity contribution < 1.29 is 27.9 Å². The minimum Gasteiger partial charge on any atom is -0.480 e. The lowest BCUT2D eigenvalue weighted by Crippen LogP contribution is -2.40. The zero-order valence-corrected chi connectivity index (χ0v) is 19.1. The number of aromatic nitrogens is 2. The number of alkyl halides is 3. The van der Waals surface area contributed by atoms with Gasteiger partial charge < -0.3 is 15.7 Å². The lowest BCUT2D eigenvalue weighted by atomic mass is 10.0. The molecule has 0 saturated carbocycles. The number of carboxylic acid groups (broad SMARTS) is 1. The number of carbonyl (C=O) groups excluding carboxylic acids is 1. The van der Waals surface area contributed by atoms with E-state index in [9.17, 15) is 22.8 Å². The number of carbonyl (C=O) groups is 2. The van der Waals surface area contributed by atoms with Crippen LogP contribution >= 0.6 is 11.3 Å². The number of carboxylic acids is 1. The highest BCUT2D eigenvalue weighted by Gasteiger charge is 2.31. The minimum atomic E-state index is -4.47. The van der Waals surface area contributed by atoms with Crippen molar-refractivity contribution in [3.05, 3.63) is 71.9 Å². The second kappa shape index (κ2) is 9.71. The summed E-state index contributed by atoms with van der Waals surface area (Å²) >= 11 is 1.08. The summed E-state index contributed by atoms with van der Waals surface area (Å²) in [4.78, 5) is 31.4. The predicted octanol–water partition coefficient (Wildman–Crippen LogP) is 5.71. The molecule has 180 valence electrons. The van der Waals surface area contributed by atoms with E-state index in [1.54, 1.807) is 43.3 Å². The molecule has 0 bridgehead atoms. The Morgan fingerprint density at radius 3 is 2.26 bits per heavy atom. The Bertz CT molecular complexity index is 1370. The Morgan fingerprint density at radius 1 is 1.06 bits per heavy atom. The maximum atomic E-state index is 12.9. The van der Waals surface area contributed by atoms with Crippen molar-refractivity contribution >= 4 is 44.4 Å². The number of hydrogen-bond donors (Lipinski definition) is 3. The zero-order valence-electron chi connectivity index (χ0n) is 18.3. The van der Waals surface area contributed by atoms with Gasteiger partial charge in [0, 0.05) is 17.4 Å². The molecule has 0 saturated heterocycles. The van der Waals surface area contributed by atoms with Crippen molar-refractivity contribution in [1.82, 2.24) is 15.3 Å². The third kappa shape index (κ3) is 5.57. The fourth-order valence-corrected chi connectivity index (χ4v) is 4.18. The molecule has 0 aliphatic carbocycles. The molecule has 2 aromatic heterocycles. The summed E-state index contributed by atoms with van der Waals surface area (Å²) in [5, 5.41) is 15.1. The summed E-state index contributed by atoms with van der Waals surface area (Å²) in [6, 6.07) is 14.1. The normalized spacial score (nSPS) is 12.3. The van der Waals surface area contributed by atoms with Crippen LogP contribution in [0, 0.1) is 0 Å². The summed E-state index contributed by atoms with van der Waals surface area (Å²) in [6.45, 7) is 1.68. The molecule has 4 rings (SSSR count). The van der Waals surface area contributed by atoms with Gasteiger partial charge in [-0.25, -0.2) is 9.78 Å². The third-order valence-electron chi connectivity index (χ3n) is 5.20. The first-order valence-electron chi connectivity index (χ1n) is 10.5. The molecule has 0 aliphatic rings. The van der Waals surface area contributed by atoms with Gasteiger partial charge in [0.1, 0.15) is 6.04 Å². The Balaban J connectivity index is 1.44. The molecule has 0 radical (unpaired) electrons. The molecule has 2 heterocycles. The summed E-state index contributed by atoms with van der Waals surface area (Å²) in [5.41, 5.74) is 2.19. The quantitative estimate of drug-likeness (QED) is 0.300. The highest BCUT2D eigenvalue weighted by atomic mass is 32.1. The van der Waals surface area contributed by atoms with Gasteiger partial charge in [0.2, 0.25) is 0 Å². The van der Waals surface area contributed by atoms with Crippen molar-refractivity contribution in [2.24, 2.45) is 0 Å². The first-order chi connectivity index (χ1) is 16.6. The number of hydrogen-bond acceptors (Lipinski definition) is 6. The van der Waals surface area contributed by atoms with Gasteiger partial charge >= 0.3 is 12.1 Å². The second-order valence-electron chi connectivity index (χ2n) is 7.61. The Kier molecular flexibility index (Phi) is 6.70. The maximum Gasteiger partial charge on any atom is 0.417 e. The maximum absolute atomic E-state index is 12.9. The summed E-state index contributed by atoms with van der Waals surface area (Å²) < 4.78 is 39.0. The number of rotatable bonds is 7. The van der Waals surface area contributed by atoms with Crippen LogP contribution in [0.25, 0.3) is 21.5 Å². The molecule has 11 heteroatoms. The molecule has 0 unspecified atom stereocenters. The van der Waals surface area contributed by atoms with Crippen LogP contribution < -0.4 is 10.6 Å². The van der Waals surface area contributed by atoms with Gasteiger partial charge in [-0.3, -0.25) is 4.79 Å². The van der Waals surface area contributed by atoms with Gasteiger partial charge in [-0.1, -0.05) is 42.5 Å². The number of aliphatic carboxylic acids is 1. The van der Waals surface area contributed by atoms with Gasteiger partial charge in [0.15, 0.2) is 10.8 Å². The SMILES string of the molecule is CC[C@H](NC(=O)c1ccc(-c2ccc(Nc3nc4ncc(C(F)(F)F)cc4s3)cc2)cc1)C(=O)O. The standard InChI is InChI=1S/C24H19F3N4O3S/c1-2-18(22(33)34)30-21(32)15-5-3-13(4-6-15)14-7-9-17(10-8-14)29-23-31-20-19(35-23)11-16(12-28-20)24(25,26)27/h3-12,18H,2H2,1H3,(H,30,32)(H,33,34)(H,28,29,31)/t18-/m0/s1. The van der Waals surface area contributed by atoms with Crippen molar-refractivity contribution in [1.29, 1.82) is 0 Å². The van der Waals surface area contributed by atoms with E-state index in [-0.39, 0.29) is 12.1 Å². The third-order valence-corrected chi connectivity index (χ3v) is 6.11. The van der Waals surface area contributed by atoms with E-state index in [0.29, 0.717) is 21.1 Å². The predicted molar refractivity (Wildman–Crippen MR) is 127 cm³/mol. The molecule has 35 heavy (non-hydrogen) atoms. The summed E-state index contributed by atoms with van der Waals surface area (Å²) in [5.74, 6) is -1.54. The topological polar surface area (TPSA) is 104 Å². The second-order valence-corrected chi connectivity index (χ2v) is 8.65. The van der Waals surface area contributed by atoms with Crippen LogP contribution in [-0.4, -0.2) is 33.0 Å². The largest absolute Gasteiger partial charge is 0.480 e. The number of nitrogens with one attached hydrogen (secondary N) is 2. The van der Waals surface area contributed by atoms with E-state index in [2.05, 4.69) is 20.6 Å². The lowest BCUT2D eigenvalue weighted by Gasteiger charge is -2.12. The minimum absolute atomic E-state index is 0.236. The molecule has 4 aromatic rings. The van der Waals surface area contributed by atoms with Gasteiger partial charge in [-0.15, -0.1) is 0 Å². The summed E-state index contributed by atoms with van der Waals surface area (Å²) in [6.07, 6.45) is -3.42. The van der Waals surface area contributed by atoms with Crippen LogP contribution in [0.15, 0.2) is 60.8 Å². The summed E-state index contributed by atoms with van der Waals surface area (Å²) in [7, 11) is 0. The average molecular weight is 501 g/mol. The number of nitrogens with zero attached hydrogens (tertiary/aromatic N) is 2. The van der Waals surface area contributed by atoms with E-state index < -0.39 is 29.7 Å². The molecule has 1 amide bonds. The molecule has 3 N–H and O–H groups in total. The van der Waals surface area contributed by atoms with E-state index in [1.807, 2.05) is 12.1 Å². The molecule has 0 fully saturated rings. The van der Waals surface area contributed by atoms with Crippen LogP contribution in [-0.2, 0) is 11.0 Å². The van der Waals surface area contributed by atoms with Gasteiger partial charge in [-0.2, -0.15) is 18.2 Å². The highest BCUT2D eigenvalue weighted by molar-refractivity contribution is 7.22. The van der Waals surface area contributed by atoms with Crippen molar-refractivity contribution in [3.63, 3.8) is 0 Å². The molecule has 0 spiro atoms. The lowest BCUT2D eigenvalue weighted by molar-refractivity contribution is -0.139. The Labute approximate surface area is 201 Å². The first kappa shape index (κ1) is 24.1. The number of benzene rings is 2. The molecule has 7 nitrogen and oxygen atoms in total. The van der Waals surface area contributed by atoms with E-state index in [0.717, 1.165) is 34.7 Å². The van der Waals surface area contributed by atoms with Gasteiger partial charge in [0.05, 0.1) is 10.3 Å². The number of halogens is 3. The fourth-order valence-electron chi connectivity index (χ4n) is 3.29. The van der Waals surface area contributed by atoms with Gasteiger partial charge in [-0.05, 0) is 47.9 Å². The van der Waals surface area contributed by atoms with Crippen molar-refractivity contribution in [2.75, 3.05) is 5.32 Å². The first-order valence-corrected chi connectivity index (χ1v) is 11.3. The zero-order chi connectivity index (χ0) is 25.2. The monoisotopic (exact) mass is 500 g/mol. The van der Waals surface area contributed by atoms with E-state index in [4.69, 9.17) is 5.11 Å². The molecule has 1 atom stereocenters. The molecule has 2 aromatic carbocycles. The van der Waals surface area contributed by atoms with E-state index >= 15 is 0 Å². The smallest absolute Gasteiger partial charge is 0.417 e. The number of fused-ring (bicyclic) bond motifs is 1. The highest BCUT2D eigenvalue weighted by Crippen LogP contribution is 2.34. The van der Waals surface area contributed by atoms with Crippen LogP contribution in [0.5, 0.6) is 0 Å². The van der Waals surface area contributed by atoms with Crippen molar-refractivity contribution in [3.8, 4) is 11.1 Å². The van der Waals surface area contributed by atoms with E-state index in [1.165, 1.54) is 0 Å². The number of anilines is 2. The van der Waals surface area contributed by atoms with Crippen LogP contribution in [0.3, 0.4) is 0 Å². The van der Waals surface area contributed by atoms with Crippen LogP contribution in [0.4, 0.5) is 24.0 Å². The van der Waals surface area contributed by atoms with Crippen LogP contribution in [0.2, 0.25) is 0 Å². The molecular formula is C24H19F3N4O3S. The number of amides is 1. The van der Waals surface area contributed by atoms with Crippen molar-refractivity contribution in [2.45, 2.75) is 25.6 Å².